The minimum absolute atomic E-state index is 0.0208. The molecule has 2 aromatic carbocycles. The van der Waals surface area contributed by atoms with E-state index in [1.165, 1.54) is 6.07 Å². The number of carbonyl (C=O) groups is 1. The van der Waals surface area contributed by atoms with Crippen molar-refractivity contribution in [1.29, 1.82) is 5.26 Å². The van der Waals surface area contributed by atoms with Crippen molar-refractivity contribution in [3.05, 3.63) is 69.3 Å². The molecule has 0 bridgehead atoms. The maximum Gasteiger partial charge on any atom is 0.293 e. The molecule has 1 aliphatic rings. The van der Waals surface area contributed by atoms with Crippen LogP contribution in [0.4, 0.5) is 11.4 Å². The van der Waals surface area contributed by atoms with Gasteiger partial charge in [-0.2, -0.15) is 5.26 Å². The summed E-state index contributed by atoms with van der Waals surface area (Å²) in [6.45, 7) is 4.52. The highest BCUT2D eigenvalue weighted by Crippen LogP contribution is 2.32. The van der Waals surface area contributed by atoms with Crippen LogP contribution in [0.15, 0.2) is 42.5 Å². The number of carbonyl (C=O) groups excluding carboxylic acids is 1. The highest BCUT2D eigenvalue weighted by Gasteiger charge is 2.25. The van der Waals surface area contributed by atoms with Crippen molar-refractivity contribution in [2.75, 3.05) is 24.5 Å². The van der Waals surface area contributed by atoms with Crippen LogP contribution in [0, 0.1) is 21.4 Å². The Morgan fingerprint density at radius 3 is 2.48 bits per heavy atom. The SMILES string of the molecule is CCCN(Cc1ccc(C#N)cc1)C(=O)c1ccc(N2CCCC2)c([N+](=O)[O-])c1. The largest absolute Gasteiger partial charge is 0.366 e. The molecule has 0 aromatic heterocycles. The van der Waals surface area contributed by atoms with Crippen molar-refractivity contribution in [2.24, 2.45) is 0 Å². The van der Waals surface area contributed by atoms with E-state index in [1.54, 1.807) is 29.2 Å². The number of rotatable bonds is 7. The van der Waals surface area contributed by atoms with E-state index in [9.17, 15) is 14.9 Å². The minimum Gasteiger partial charge on any atom is -0.366 e. The number of anilines is 1. The number of nitro benzene ring substituents is 1. The summed E-state index contributed by atoms with van der Waals surface area (Å²) in [4.78, 5) is 28.0. The third-order valence-electron chi connectivity index (χ3n) is 5.10. The molecule has 150 valence electrons. The van der Waals surface area contributed by atoms with Crippen molar-refractivity contribution in [3.63, 3.8) is 0 Å². The van der Waals surface area contributed by atoms with E-state index in [-0.39, 0.29) is 11.6 Å². The fraction of sp³-hybridized carbons (Fsp3) is 0.364. The van der Waals surface area contributed by atoms with Crippen LogP contribution in [0.1, 0.15) is 47.7 Å². The van der Waals surface area contributed by atoms with Gasteiger partial charge in [-0.3, -0.25) is 14.9 Å². The van der Waals surface area contributed by atoms with Crippen LogP contribution in [0.3, 0.4) is 0 Å². The van der Waals surface area contributed by atoms with Gasteiger partial charge in [-0.05, 0) is 49.1 Å². The average Bonchev–Trinajstić information content (AvgIpc) is 3.27. The molecule has 1 aliphatic heterocycles. The van der Waals surface area contributed by atoms with Gasteiger partial charge in [0, 0.05) is 37.8 Å². The lowest BCUT2D eigenvalue weighted by Gasteiger charge is -2.23. The van der Waals surface area contributed by atoms with E-state index in [0.717, 1.165) is 37.9 Å². The second-order valence-corrected chi connectivity index (χ2v) is 7.19. The van der Waals surface area contributed by atoms with Gasteiger partial charge in [0.1, 0.15) is 5.69 Å². The number of hydrogen-bond acceptors (Lipinski definition) is 5. The predicted octanol–water partition coefficient (Wildman–Crippen LogP) is 4.12. The second-order valence-electron chi connectivity index (χ2n) is 7.19. The lowest BCUT2D eigenvalue weighted by molar-refractivity contribution is -0.384. The van der Waals surface area contributed by atoms with Crippen LogP contribution in [-0.2, 0) is 6.54 Å². The fourth-order valence-corrected chi connectivity index (χ4v) is 3.64. The van der Waals surface area contributed by atoms with Crippen molar-refractivity contribution in [3.8, 4) is 6.07 Å². The van der Waals surface area contributed by atoms with Crippen LogP contribution < -0.4 is 4.90 Å². The van der Waals surface area contributed by atoms with Crippen molar-refractivity contribution in [1.82, 2.24) is 4.90 Å². The number of hydrogen-bond donors (Lipinski definition) is 0. The molecule has 1 saturated heterocycles. The third kappa shape index (κ3) is 4.72. The summed E-state index contributed by atoms with van der Waals surface area (Å²) in [6, 6.07) is 14.0. The van der Waals surface area contributed by atoms with Crippen molar-refractivity contribution in [2.45, 2.75) is 32.7 Å². The van der Waals surface area contributed by atoms with Crippen LogP contribution >= 0.6 is 0 Å². The highest BCUT2D eigenvalue weighted by atomic mass is 16.6. The second kappa shape index (κ2) is 9.20. The Morgan fingerprint density at radius 2 is 1.90 bits per heavy atom. The first-order valence-electron chi connectivity index (χ1n) is 9.85. The molecular formula is C22H24N4O3. The van der Waals surface area contributed by atoms with E-state index in [0.29, 0.717) is 29.9 Å². The van der Waals surface area contributed by atoms with Gasteiger partial charge in [0.15, 0.2) is 0 Å². The standard InChI is InChI=1S/C22H24N4O3/c1-2-11-25(16-18-7-5-17(15-23)6-8-18)22(27)19-9-10-20(21(14-19)26(28)29)24-12-3-4-13-24/h5-10,14H,2-4,11-13,16H2,1H3. The number of nitrogens with zero attached hydrogens (tertiary/aromatic N) is 4. The molecule has 0 radical (unpaired) electrons. The van der Waals surface area contributed by atoms with Crippen LogP contribution in [-0.4, -0.2) is 35.4 Å². The van der Waals surface area contributed by atoms with Gasteiger partial charge in [-0.15, -0.1) is 0 Å². The van der Waals surface area contributed by atoms with Crippen molar-refractivity contribution < 1.29 is 9.72 Å². The first-order chi connectivity index (χ1) is 14.0. The Hall–Kier alpha value is -3.40. The summed E-state index contributed by atoms with van der Waals surface area (Å²) < 4.78 is 0. The zero-order chi connectivity index (χ0) is 20.8. The van der Waals surface area contributed by atoms with Gasteiger partial charge >= 0.3 is 0 Å². The molecule has 0 unspecified atom stereocenters. The molecule has 29 heavy (non-hydrogen) atoms. The topological polar surface area (TPSA) is 90.5 Å². The Labute approximate surface area is 170 Å². The maximum atomic E-state index is 13.1. The molecule has 0 atom stereocenters. The van der Waals surface area contributed by atoms with E-state index in [1.807, 2.05) is 24.0 Å². The van der Waals surface area contributed by atoms with E-state index in [2.05, 4.69) is 6.07 Å². The van der Waals surface area contributed by atoms with Gasteiger partial charge in [-0.1, -0.05) is 19.1 Å². The Bertz CT molecular complexity index is 928. The van der Waals surface area contributed by atoms with Gasteiger partial charge in [0.2, 0.25) is 0 Å². The van der Waals surface area contributed by atoms with Gasteiger partial charge < -0.3 is 9.80 Å². The van der Waals surface area contributed by atoms with Gasteiger partial charge in [0.05, 0.1) is 16.6 Å². The number of amides is 1. The van der Waals surface area contributed by atoms with E-state index in [4.69, 9.17) is 5.26 Å². The molecule has 0 spiro atoms. The minimum atomic E-state index is -0.408. The number of benzene rings is 2. The monoisotopic (exact) mass is 392 g/mol. The molecular weight excluding hydrogens is 368 g/mol. The van der Waals surface area contributed by atoms with Crippen LogP contribution in [0.5, 0.6) is 0 Å². The number of nitriles is 1. The Balaban J connectivity index is 1.85. The zero-order valence-corrected chi connectivity index (χ0v) is 16.5. The molecule has 1 heterocycles. The predicted molar refractivity (Wildman–Crippen MR) is 111 cm³/mol. The molecule has 3 rings (SSSR count). The van der Waals surface area contributed by atoms with Crippen LogP contribution in [0.25, 0.3) is 0 Å². The zero-order valence-electron chi connectivity index (χ0n) is 16.5. The molecule has 7 heteroatoms. The lowest BCUT2D eigenvalue weighted by atomic mass is 10.1. The van der Waals surface area contributed by atoms with Crippen molar-refractivity contribution >= 4 is 17.3 Å². The summed E-state index contributed by atoms with van der Waals surface area (Å²) in [5.41, 5.74) is 2.36. The Morgan fingerprint density at radius 1 is 1.21 bits per heavy atom. The Kier molecular flexibility index (Phi) is 6.45. The summed E-state index contributed by atoms with van der Waals surface area (Å²) in [5.74, 6) is -0.229. The molecule has 0 N–H and O–H groups in total. The van der Waals surface area contributed by atoms with Gasteiger partial charge in [0.25, 0.3) is 11.6 Å². The van der Waals surface area contributed by atoms with E-state index >= 15 is 0 Å². The quantitative estimate of drug-likeness (QED) is 0.522. The molecule has 2 aromatic rings. The summed E-state index contributed by atoms with van der Waals surface area (Å²) in [7, 11) is 0. The fourth-order valence-electron chi connectivity index (χ4n) is 3.64. The normalized spacial score (nSPS) is 13.2. The number of nitro groups is 1. The lowest BCUT2D eigenvalue weighted by Crippen LogP contribution is -2.31. The van der Waals surface area contributed by atoms with E-state index < -0.39 is 4.92 Å². The first kappa shape index (κ1) is 20.3. The summed E-state index contributed by atoms with van der Waals surface area (Å²) in [5, 5.41) is 20.6. The molecule has 0 saturated carbocycles. The summed E-state index contributed by atoms with van der Waals surface area (Å²) >= 11 is 0. The molecule has 0 aliphatic carbocycles. The maximum absolute atomic E-state index is 13.1. The van der Waals surface area contributed by atoms with Gasteiger partial charge in [-0.25, -0.2) is 0 Å². The third-order valence-corrected chi connectivity index (χ3v) is 5.10. The molecule has 1 amide bonds. The first-order valence-corrected chi connectivity index (χ1v) is 9.85. The smallest absolute Gasteiger partial charge is 0.293 e. The van der Waals surface area contributed by atoms with Crippen LogP contribution in [0.2, 0.25) is 0 Å². The molecule has 1 fully saturated rings. The highest BCUT2D eigenvalue weighted by molar-refractivity contribution is 5.95. The average molecular weight is 392 g/mol. The summed E-state index contributed by atoms with van der Waals surface area (Å²) in [6.07, 6.45) is 2.81. The molecule has 7 nitrogen and oxygen atoms in total.